The Hall–Kier alpha value is -1.41. The van der Waals surface area contributed by atoms with Crippen LogP contribution in [0.5, 0.6) is 0 Å². The molecule has 0 aliphatic heterocycles. The second-order valence-electron chi connectivity index (χ2n) is 3.65. The van der Waals surface area contributed by atoms with Gasteiger partial charge in [0.2, 0.25) is 0 Å². The Morgan fingerprint density at radius 1 is 1.07 bits per heavy atom. The molecule has 2 aromatic rings. The summed E-state index contributed by atoms with van der Waals surface area (Å²) >= 11 is 4.87. The lowest BCUT2D eigenvalue weighted by molar-refractivity contribution is 1.05. The normalized spacial score (nSPS) is 10.4. The van der Waals surface area contributed by atoms with E-state index in [2.05, 4.69) is 42.5 Å². The zero-order chi connectivity index (χ0) is 10.7. The van der Waals surface area contributed by atoms with Crippen molar-refractivity contribution in [2.45, 2.75) is 12.8 Å². The first-order chi connectivity index (χ1) is 7.25. The smallest absolute Gasteiger partial charge is 0.0730 e. The van der Waals surface area contributed by atoms with Crippen molar-refractivity contribution in [3.63, 3.8) is 0 Å². The molecule has 0 radical (unpaired) electrons. The Balaban J connectivity index is 2.26. The van der Waals surface area contributed by atoms with E-state index in [1.54, 1.807) is 0 Å². The van der Waals surface area contributed by atoms with Crippen LogP contribution in [-0.4, -0.2) is 4.99 Å². The van der Waals surface area contributed by atoms with Gasteiger partial charge in [0.25, 0.3) is 0 Å². The molecule has 15 heavy (non-hydrogen) atoms. The summed E-state index contributed by atoms with van der Waals surface area (Å²) in [6.45, 7) is 0. The molecule has 2 rings (SSSR count). The van der Waals surface area contributed by atoms with Crippen molar-refractivity contribution in [1.82, 2.24) is 0 Å². The van der Waals surface area contributed by atoms with Gasteiger partial charge < -0.3 is 5.73 Å². The molecule has 0 unspecified atom stereocenters. The average molecular weight is 215 g/mol. The van der Waals surface area contributed by atoms with Gasteiger partial charge in [-0.25, -0.2) is 0 Å². The Kier molecular flexibility index (Phi) is 2.97. The first-order valence-electron chi connectivity index (χ1n) is 5.02. The number of hydrogen-bond acceptors (Lipinski definition) is 1. The van der Waals surface area contributed by atoms with Gasteiger partial charge in [0.15, 0.2) is 0 Å². The van der Waals surface area contributed by atoms with E-state index in [-0.39, 0.29) is 0 Å². The molecule has 0 saturated heterocycles. The van der Waals surface area contributed by atoms with E-state index >= 15 is 0 Å². The maximum absolute atomic E-state index is 5.48. The lowest BCUT2D eigenvalue weighted by Gasteiger charge is -2.02. The van der Waals surface area contributed by atoms with Crippen LogP contribution in [0.1, 0.15) is 12.0 Å². The maximum Gasteiger partial charge on any atom is 0.0730 e. The van der Waals surface area contributed by atoms with Crippen molar-refractivity contribution < 1.29 is 0 Å². The molecule has 0 aliphatic rings. The molecule has 0 atom stereocenters. The van der Waals surface area contributed by atoms with Crippen LogP contribution in [0, 0.1) is 0 Å². The third-order valence-corrected chi connectivity index (χ3v) is 2.68. The van der Waals surface area contributed by atoms with Crippen molar-refractivity contribution in [2.75, 3.05) is 0 Å². The summed E-state index contributed by atoms with van der Waals surface area (Å²) < 4.78 is 0. The zero-order valence-electron chi connectivity index (χ0n) is 8.44. The minimum Gasteiger partial charge on any atom is -0.393 e. The van der Waals surface area contributed by atoms with E-state index in [4.69, 9.17) is 18.0 Å². The number of nitrogens with two attached hydrogens (primary N) is 1. The Morgan fingerprint density at radius 3 is 2.53 bits per heavy atom. The van der Waals surface area contributed by atoms with E-state index in [0.29, 0.717) is 4.99 Å². The topological polar surface area (TPSA) is 26.0 Å². The molecule has 2 N–H and O–H groups in total. The lowest BCUT2D eigenvalue weighted by atomic mass is 10.0. The Morgan fingerprint density at radius 2 is 1.80 bits per heavy atom. The van der Waals surface area contributed by atoms with Gasteiger partial charge in [-0.15, -0.1) is 0 Å². The molecule has 0 amide bonds. The van der Waals surface area contributed by atoms with Crippen molar-refractivity contribution in [1.29, 1.82) is 0 Å². The molecule has 0 bridgehead atoms. The van der Waals surface area contributed by atoms with Gasteiger partial charge in [0, 0.05) is 6.42 Å². The Labute approximate surface area is 94.9 Å². The quantitative estimate of drug-likeness (QED) is 0.796. The van der Waals surface area contributed by atoms with Crippen LogP contribution in [-0.2, 0) is 6.42 Å². The van der Waals surface area contributed by atoms with E-state index in [9.17, 15) is 0 Å². The van der Waals surface area contributed by atoms with Crippen molar-refractivity contribution >= 4 is 28.0 Å². The molecular weight excluding hydrogens is 202 g/mol. The minimum absolute atomic E-state index is 0.586. The summed E-state index contributed by atoms with van der Waals surface area (Å²) in [5, 5.41) is 2.55. The monoisotopic (exact) mass is 215 g/mol. The van der Waals surface area contributed by atoms with Crippen LogP contribution in [0.15, 0.2) is 42.5 Å². The number of rotatable bonds is 3. The van der Waals surface area contributed by atoms with E-state index in [0.717, 1.165) is 12.8 Å². The summed E-state index contributed by atoms with van der Waals surface area (Å²) in [5.41, 5.74) is 6.78. The highest BCUT2D eigenvalue weighted by molar-refractivity contribution is 7.80. The molecule has 0 saturated carbocycles. The van der Waals surface area contributed by atoms with Crippen LogP contribution in [0.4, 0.5) is 0 Å². The predicted molar refractivity (Wildman–Crippen MR) is 69.1 cm³/mol. The van der Waals surface area contributed by atoms with Gasteiger partial charge >= 0.3 is 0 Å². The average Bonchev–Trinajstić information content (AvgIpc) is 2.26. The molecule has 2 heteroatoms. The molecule has 0 aromatic heterocycles. The predicted octanol–water partition coefficient (Wildman–Crippen LogP) is 3.06. The van der Waals surface area contributed by atoms with Crippen LogP contribution >= 0.6 is 12.2 Å². The first-order valence-corrected chi connectivity index (χ1v) is 5.42. The Bertz CT molecular complexity index is 491. The summed E-state index contributed by atoms with van der Waals surface area (Å²) in [5.74, 6) is 0. The standard InChI is InChI=1S/C13H13NS/c14-13(15)8-6-10-5-7-11-3-1-2-4-12(11)9-10/h1-5,7,9H,6,8H2,(H2,14,15). The molecule has 0 aliphatic carbocycles. The minimum atomic E-state index is 0.586. The fraction of sp³-hybridized carbons (Fsp3) is 0.154. The summed E-state index contributed by atoms with van der Waals surface area (Å²) in [7, 11) is 0. The number of fused-ring (bicyclic) bond motifs is 1. The maximum atomic E-state index is 5.48. The van der Waals surface area contributed by atoms with Gasteiger partial charge in [0.05, 0.1) is 4.99 Å². The van der Waals surface area contributed by atoms with E-state index in [1.807, 2.05) is 0 Å². The molecule has 1 nitrogen and oxygen atoms in total. The highest BCUT2D eigenvalue weighted by atomic mass is 32.1. The van der Waals surface area contributed by atoms with Crippen molar-refractivity contribution in [3.8, 4) is 0 Å². The number of benzene rings is 2. The molecule has 0 heterocycles. The second-order valence-corrected chi connectivity index (χ2v) is 4.17. The molecule has 76 valence electrons. The lowest BCUT2D eigenvalue weighted by Crippen LogP contribution is -2.08. The van der Waals surface area contributed by atoms with Gasteiger partial charge in [0.1, 0.15) is 0 Å². The number of hydrogen-bond donors (Lipinski definition) is 1. The first kappa shape index (κ1) is 10.1. The summed E-state index contributed by atoms with van der Waals surface area (Å²) in [4.78, 5) is 0.586. The summed E-state index contributed by atoms with van der Waals surface area (Å²) in [6, 6.07) is 14.8. The van der Waals surface area contributed by atoms with Crippen molar-refractivity contribution in [2.24, 2.45) is 5.73 Å². The zero-order valence-corrected chi connectivity index (χ0v) is 9.26. The van der Waals surface area contributed by atoms with Gasteiger partial charge in [-0.2, -0.15) is 0 Å². The fourth-order valence-corrected chi connectivity index (χ4v) is 1.76. The van der Waals surface area contributed by atoms with Gasteiger partial charge in [-0.3, -0.25) is 0 Å². The second kappa shape index (κ2) is 4.41. The third kappa shape index (κ3) is 2.54. The van der Waals surface area contributed by atoms with E-state index in [1.165, 1.54) is 16.3 Å². The third-order valence-electron chi connectivity index (χ3n) is 2.47. The van der Waals surface area contributed by atoms with Crippen LogP contribution in [0.3, 0.4) is 0 Å². The SMILES string of the molecule is NC(=S)CCc1ccc2ccccc2c1. The highest BCUT2D eigenvalue weighted by Gasteiger charge is 1.97. The van der Waals surface area contributed by atoms with Gasteiger partial charge in [-0.05, 0) is 22.8 Å². The van der Waals surface area contributed by atoms with E-state index < -0.39 is 0 Å². The van der Waals surface area contributed by atoms with Crippen LogP contribution in [0.25, 0.3) is 10.8 Å². The largest absolute Gasteiger partial charge is 0.393 e. The number of aryl methyl sites for hydroxylation is 1. The van der Waals surface area contributed by atoms with Crippen LogP contribution < -0.4 is 5.73 Å². The molecular formula is C13H13NS. The van der Waals surface area contributed by atoms with Crippen molar-refractivity contribution in [3.05, 3.63) is 48.0 Å². The van der Waals surface area contributed by atoms with Crippen LogP contribution in [0.2, 0.25) is 0 Å². The molecule has 0 spiro atoms. The molecule has 2 aromatic carbocycles. The highest BCUT2D eigenvalue weighted by Crippen LogP contribution is 2.16. The number of thiocarbonyl (C=S) groups is 1. The fourth-order valence-electron chi connectivity index (χ4n) is 1.66. The summed E-state index contributed by atoms with van der Waals surface area (Å²) in [6.07, 6.45) is 1.72. The van der Waals surface area contributed by atoms with Gasteiger partial charge in [-0.1, -0.05) is 54.7 Å². The molecule has 0 fully saturated rings.